The van der Waals surface area contributed by atoms with Crippen LogP contribution in [0.15, 0.2) is 24.2 Å². The van der Waals surface area contributed by atoms with Gasteiger partial charge in [0.25, 0.3) is 0 Å². The second-order valence-corrected chi connectivity index (χ2v) is 4.96. The summed E-state index contributed by atoms with van der Waals surface area (Å²) in [4.78, 5) is 15.6. The summed E-state index contributed by atoms with van der Waals surface area (Å²) in [5, 5.41) is 4.21. The summed E-state index contributed by atoms with van der Waals surface area (Å²) in [5.74, 6) is 4.72. The minimum atomic E-state index is -0.681. The molecular formula is C14H20FN5O2. The van der Waals surface area contributed by atoms with Gasteiger partial charge in [0.2, 0.25) is 0 Å². The number of hydrogen-bond acceptors (Lipinski definition) is 7. The third-order valence-electron chi connectivity index (χ3n) is 3.39. The second kappa shape index (κ2) is 7.19. The number of anilines is 1. The average Bonchev–Trinajstić information content (AvgIpc) is 3.01. The number of nitrogens with zero attached hydrogens (tertiary/aromatic N) is 2. The highest BCUT2D eigenvalue weighted by atomic mass is 19.1. The van der Waals surface area contributed by atoms with Crippen LogP contribution >= 0.6 is 0 Å². The van der Waals surface area contributed by atoms with Crippen molar-refractivity contribution < 1.29 is 13.9 Å². The molecule has 0 bridgehead atoms. The molecule has 120 valence electrons. The van der Waals surface area contributed by atoms with Crippen LogP contribution in [0.5, 0.6) is 0 Å². The maximum atomic E-state index is 14.2. The Balaban J connectivity index is 2.13. The first-order valence-electron chi connectivity index (χ1n) is 7.07. The van der Waals surface area contributed by atoms with Crippen LogP contribution in [-0.2, 0) is 9.53 Å². The smallest absolute Gasteiger partial charge is 0.355 e. The lowest BCUT2D eigenvalue weighted by Crippen LogP contribution is -2.28. The summed E-state index contributed by atoms with van der Waals surface area (Å²) >= 11 is 0. The van der Waals surface area contributed by atoms with Gasteiger partial charge in [-0.25, -0.2) is 15.0 Å². The minimum absolute atomic E-state index is 0.0698. The predicted octanol–water partition coefficient (Wildman–Crippen LogP) is 0.341. The number of halogens is 1. The maximum absolute atomic E-state index is 14.2. The Hall–Kier alpha value is -2.19. The number of carbonyl (C=O) groups is 1. The van der Waals surface area contributed by atoms with E-state index in [4.69, 9.17) is 16.3 Å². The summed E-state index contributed by atoms with van der Waals surface area (Å²) < 4.78 is 18.9. The number of rotatable bonds is 5. The number of carbonyl (C=O) groups excluding carboxylic acids is 1. The van der Waals surface area contributed by atoms with Crippen LogP contribution in [0.1, 0.15) is 25.0 Å². The third kappa shape index (κ3) is 3.71. The van der Waals surface area contributed by atoms with Gasteiger partial charge in [0, 0.05) is 18.5 Å². The number of esters is 1. The van der Waals surface area contributed by atoms with E-state index in [1.807, 2.05) is 0 Å². The molecule has 1 atom stereocenters. The Bertz CT molecular complexity index is 572. The molecule has 1 aromatic heterocycles. The number of nitrogens with two attached hydrogens (primary N) is 2. The van der Waals surface area contributed by atoms with E-state index in [-0.39, 0.29) is 18.2 Å². The fraction of sp³-hybridized carbons (Fsp3) is 0.429. The molecule has 0 aliphatic carbocycles. The molecule has 1 aromatic rings. The van der Waals surface area contributed by atoms with Crippen LogP contribution < -0.4 is 21.9 Å². The van der Waals surface area contributed by atoms with E-state index < -0.39 is 11.8 Å². The van der Waals surface area contributed by atoms with Crippen molar-refractivity contribution >= 4 is 11.7 Å². The van der Waals surface area contributed by atoms with Crippen LogP contribution in [0.2, 0.25) is 0 Å². The first-order valence-corrected chi connectivity index (χ1v) is 7.07. The zero-order valence-corrected chi connectivity index (χ0v) is 12.4. The highest BCUT2D eigenvalue weighted by Gasteiger charge is 2.22. The molecule has 0 aromatic carbocycles. The molecule has 7 nitrogen and oxygen atoms in total. The molecular weight excluding hydrogens is 289 g/mol. The zero-order chi connectivity index (χ0) is 16.1. The maximum Gasteiger partial charge on any atom is 0.355 e. The Labute approximate surface area is 128 Å². The quantitative estimate of drug-likeness (QED) is 0.312. The average molecular weight is 309 g/mol. The Morgan fingerprint density at radius 3 is 3.05 bits per heavy atom. The van der Waals surface area contributed by atoms with E-state index in [0.717, 1.165) is 18.0 Å². The Kier molecular flexibility index (Phi) is 5.29. The number of nitrogens with one attached hydrogen (secondary N) is 1. The van der Waals surface area contributed by atoms with E-state index in [1.165, 1.54) is 18.5 Å². The minimum Gasteiger partial charge on any atom is -0.461 e. The van der Waals surface area contributed by atoms with E-state index >= 15 is 0 Å². The van der Waals surface area contributed by atoms with Crippen LogP contribution in [0.25, 0.3) is 0 Å². The van der Waals surface area contributed by atoms with E-state index in [1.54, 1.807) is 6.92 Å². The standard InChI is InChI=1S/C14H20FN5O2/c1-2-22-14(21)12(16)8-20(17)10-5-11(15)13(19-7-10)9-3-4-18-6-9/h5,7-9,18H,2-4,6,16-17H2,1H3/b12-8-. The summed E-state index contributed by atoms with van der Waals surface area (Å²) in [7, 11) is 0. The number of hydrogen-bond donors (Lipinski definition) is 3. The first-order chi connectivity index (χ1) is 10.5. The van der Waals surface area contributed by atoms with Gasteiger partial charge < -0.3 is 15.8 Å². The summed E-state index contributed by atoms with van der Waals surface area (Å²) in [5.41, 5.74) is 6.09. The van der Waals surface area contributed by atoms with E-state index in [0.29, 0.717) is 17.9 Å². The van der Waals surface area contributed by atoms with Crippen LogP contribution in [0, 0.1) is 5.82 Å². The number of ether oxygens (including phenoxy) is 1. The molecule has 5 N–H and O–H groups in total. The zero-order valence-electron chi connectivity index (χ0n) is 12.4. The topological polar surface area (TPSA) is 106 Å². The van der Waals surface area contributed by atoms with Gasteiger partial charge >= 0.3 is 5.97 Å². The lowest BCUT2D eigenvalue weighted by Gasteiger charge is -2.16. The number of aromatic nitrogens is 1. The second-order valence-electron chi connectivity index (χ2n) is 4.96. The lowest BCUT2D eigenvalue weighted by atomic mass is 10.0. The van der Waals surface area contributed by atoms with Gasteiger partial charge in [-0.1, -0.05) is 0 Å². The molecule has 1 fully saturated rings. The van der Waals surface area contributed by atoms with Crippen molar-refractivity contribution in [2.24, 2.45) is 11.6 Å². The van der Waals surface area contributed by atoms with Crippen molar-refractivity contribution in [1.29, 1.82) is 0 Å². The molecule has 1 unspecified atom stereocenters. The molecule has 8 heteroatoms. The van der Waals surface area contributed by atoms with Gasteiger partial charge in [-0.2, -0.15) is 0 Å². The van der Waals surface area contributed by atoms with Crippen molar-refractivity contribution in [1.82, 2.24) is 10.3 Å². The normalized spacial score (nSPS) is 18.3. The number of pyridine rings is 1. The van der Waals surface area contributed by atoms with Crippen molar-refractivity contribution in [2.75, 3.05) is 24.7 Å². The van der Waals surface area contributed by atoms with Gasteiger partial charge in [0.1, 0.15) is 11.5 Å². The Morgan fingerprint density at radius 2 is 2.45 bits per heavy atom. The van der Waals surface area contributed by atoms with Gasteiger partial charge in [-0.05, 0) is 19.9 Å². The van der Waals surface area contributed by atoms with Crippen molar-refractivity contribution in [2.45, 2.75) is 19.3 Å². The fourth-order valence-electron chi connectivity index (χ4n) is 2.26. The molecule has 22 heavy (non-hydrogen) atoms. The molecule has 1 aliphatic rings. The van der Waals surface area contributed by atoms with Crippen LogP contribution in [0.4, 0.5) is 10.1 Å². The SMILES string of the molecule is CCOC(=O)/C(N)=C/N(N)c1cnc(C2CCNC2)c(F)c1. The van der Waals surface area contributed by atoms with Crippen LogP contribution in [-0.4, -0.2) is 30.6 Å². The van der Waals surface area contributed by atoms with Gasteiger partial charge in [-0.15, -0.1) is 0 Å². The van der Waals surface area contributed by atoms with Crippen molar-refractivity contribution in [3.8, 4) is 0 Å². The summed E-state index contributed by atoms with van der Waals surface area (Å²) in [6, 6.07) is 1.27. The molecule has 0 radical (unpaired) electrons. The summed E-state index contributed by atoms with van der Waals surface area (Å²) in [6.07, 6.45) is 3.47. The largest absolute Gasteiger partial charge is 0.461 e. The molecule has 1 saturated heterocycles. The fourth-order valence-corrected chi connectivity index (χ4v) is 2.26. The van der Waals surface area contributed by atoms with Gasteiger partial charge in [-0.3, -0.25) is 9.99 Å². The predicted molar refractivity (Wildman–Crippen MR) is 80.0 cm³/mol. The summed E-state index contributed by atoms with van der Waals surface area (Å²) in [6.45, 7) is 3.44. The van der Waals surface area contributed by atoms with Crippen molar-refractivity contribution in [3.63, 3.8) is 0 Å². The van der Waals surface area contributed by atoms with Crippen LogP contribution in [0.3, 0.4) is 0 Å². The van der Waals surface area contributed by atoms with Crippen molar-refractivity contribution in [3.05, 3.63) is 35.7 Å². The van der Waals surface area contributed by atoms with E-state index in [9.17, 15) is 9.18 Å². The first kappa shape index (κ1) is 16.2. The molecule has 2 heterocycles. The molecule has 0 amide bonds. The molecule has 0 spiro atoms. The van der Waals surface area contributed by atoms with E-state index in [2.05, 4.69) is 10.3 Å². The molecule has 2 rings (SSSR count). The monoisotopic (exact) mass is 309 g/mol. The Morgan fingerprint density at radius 1 is 1.68 bits per heavy atom. The lowest BCUT2D eigenvalue weighted by molar-refractivity contribution is -0.138. The molecule has 1 aliphatic heterocycles. The molecule has 0 saturated carbocycles. The van der Waals surface area contributed by atoms with Gasteiger partial charge in [0.05, 0.1) is 30.4 Å². The van der Waals surface area contributed by atoms with Gasteiger partial charge in [0.15, 0.2) is 0 Å². The third-order valence-corrected chi connectivity index (χ3v) is 3.39. The number of hydrazine groups is 1. The highest BCUT2D eigenvalue weighted by Crippen LogP contribution is 2.25. The highest BCUT2D eigenvalue weighted by molar-refractivity contribution is 5.87.